The molecule has 0 aliphatic rings. The molecule has 0 aliphatic carbocycles. The third kappa shape index (κ3) is 3.68. The van der Waals surface area contributed by atoms with E-state index in [4.69, 9.17) is 0 Å². The van der Waals surface area contributed by atoms with Gasteiger partial charge in [0.2, 0.25) is 0 Å². The fourth-order valence-corrected chi connectivity index (χ4v) is 1.51. The van der Waals surface area contributed by atoms with Crippen molar-refractivity contribution in [3.63, 3.8) is 0 Å². The van der Waals surface area contributed by atoms with Crippen molar-refractivity contribution in [1.29, 1.82) is 0 Å². The largest absolute Gasteiger partial charge is 0.294 e. The Labute approximate surface area is 101 Å². The molecular formula is C15H13NO. The molecule has 2 heteroatoms. The maximum atomic E-state index is 11.7. The Morgan fingerprint density at radius 1 is 1.06 bits per heavy atom. The maximum Gasteiger partial charge on any atom is 0.160 e. The van der Waals surface area contributed by atoms with Crippen LogP contribution in [0.4, 0.5) is 0 Å². The van der Waals surface area contributed by atoms with Crippen LogP contribution < -0.4 is 0 Å². The lowest BCUT2D eigenvalue weighted by atomic mass is 10.1. The highest BCUT2D eigenvalue weighted by Crippen LogP contribution is 2.03. The van der Waals surface area contributed by atoms with Gasteiger partial charge in [0, 0.05) is 18.8 Å². The molecule has 1 aromatic heterocycles. The summed E-state index contributed by atoms with van der Waals surface area (Å²) in [7, 11) is 0. The van der Waals surface area contributed by atoms with E-state index in [0.29, 0.717) is 6.42 Å². The van der Waals surface area contributed by atoms with Gasteiger partial charge in [0.25, 0.3) is 0 Å². The fraction of sp³-hybridized carbons (Fsp3) is 0.0667. The molecule has 0 atom stereocenters. The number of benzene rings is 1. The highest BCUT2D eigenvalue weighted by molar-refractivity contribution is 5.94. The molecule has 0 spiro atoms. The summed E-state index contributed by atoms with van der Waals surface area (Å²) in [6.45, 7) is 0. The standard InChI is InChI=1S/C15H13NO/c17-15(12-14-8-10-16-11-9-14)7-6-13-4-2-1-3-5-13/h1-11H,12H2/b7-6+. The molecule has 1 heterocycles. The molecule has 2 aromatic rings. The molecule has 0 fully saturated rings. The second kappa shape index (κ2) is 5.75. The Bertz CT molecular complexity index is 503. The van der Waals surface area contributed by atoms with Crippen molar-refractivity contribution in [2.24, 2.45) is 0 Å². The number of hydrogen-bond donors (Lipinski definition) is 0. The first-order valence-corrected chi connectivity index (χ1v) is 5.49. The zero-order valence-electron chi connectivity index (χ0n) is 9.41. The van der Waals surface area contributed by atoms with E-state index in [9.17, 15) is 4.79 Å². The third-order valence-corrected chi connectivity index (χ3v) is 2.39. The van der Waals surface area contributed by atoms with Gasteiger partial charge in [0.05, 0.1) is 0 Å². The summed E-state index contributed by atoms with van der Waals surface area (Å²) < 4.78 is 0. The van der Waals surface area contributed by atoms with Gasteiger partial charge in [-0.25, -0.2) is 0 Å². The minimum Gasteiger partial charge on any atom is -0.294 e. The summed E-state index contributed by atoms with van der Waals surface area (Å²) in [6, 6.07) is 13.5. The molecule has 84 valence electrons. The molecule has 0 saturated carbocycles. The van der Waals surface area contributed by atoms with Crippen molar-refractivity contribution in [2.45, 2.75) is 6.42 Å². The summed E-state index contributed by atoms with van der Waals surface area (Å²) in [5, 5.41) is 0. The number of carbonyl (C=O) groups excluding carboxylic acids is 1. The zero-order valence-corrected chi connectivity index (χ0v) is 9.41. The van der Waals surface area contributed by atoms with Crippen molar-refractivity contribution in [3.05, 3.63) is 72.1 Å². The molecule has 0 aliphatic heterocycles. The van der Waals surface area contributed by atoms with Crippen molar-refractivity contribution in [2.75, 3.05) is 0 Å². The van der Waals surface area contributed by atoms with Crippen LogP contribution in [0.3, 0.4) is 0 Å². The van der Waals surface area contributed by atoms with Crippen LogP contribution in [-0.2, 0) is 11.2 Å². The van der Waals surface area contributed by atoms with E-state index < -0.39 is 0 Å². The molecule has 0 unspecified atom stereocenters. The van der Waals surface area contributed by atoms with E-state index in [1.807, 2.05) is 48.5 Å². The highest BCUT2D eigenvalue weighted by Gasteiger charge is 1.98. The Kier molecular flexibility index (Phi) is 3.81. The number of allylic oxidation sites excluding steroid dienone is 1. The zero-order chi connectivity index (χ0) is 11.9. The predicted molar refractivity (Wildman–Crippen MR) is 68.4 cm³/mol. The van der Waals surface area contributed by atoms with Gasteiger partial charge in [-0.2, -0.15) is 0 Å². The van der Waals surface area contributed by atoms with Crippen LogP contribution in [0.15, 0.2) is 60.9 Å². The van der Waals surface area contributed by atoms with Crippen LogP contribution in [0.25, 0.3) is 6.08 Å². The molecule has 0 N–H and O–H groups in total. The van der Waals surface area contributed by atoms with Gasteiger partial charge < -0.3 is 0 Å². The minimum atomic E-state index is 0.0973. The first-order valence-electron chi connectivity index (χ1n) is 5.49. The molecule has 0 bridgehead atoms. The molecule has 0 saturated heterocycles. The summed E-state index contributed by atoms with van der Waals surface area (Å²) in [4.78, 5) is 15.6. The van der Waals surface area contributed by atoms with Crippen LogP contribution in [0.5, 0.6) is 0 Å². The Morgan fingerprint density at radius 2 is 1.76 bits per heavy atom. The lowest BCUT2D eigenvalue weighted by Gasteiger charge is -1.96. The van der Waals surface area contributed by atoms with E-state index in [1.165, 1.54) is 0 Å². The van der Waals surface area contributed by atoms with Crippen LogP contribution in [0.1, 0.15) is 11.1 Å². The summed E-state index contributed by atoms with van der Waals surface area (Å²) in [5.41, 5.74) is 2.03. The van der Waals surface area contributed by atoms with Gasteiger partial charge >= 0.3 is 0 Å². The number of carbonyl (C=O) groups is 1. The van der Waals surface area contributed by atoms with Crippen LogP contribution >= 0.6 is 0 Å². The second-order valence-electron chi connectivity index (χ2n) is 3.74. The first-order chi connectivity index (χ1) is 8.34. The SMILES string of the molecule is O=C(/C=C/c1ccccc1)Cc1ccncc1. The Morgan fingerprint density at radius 3 is 2.47 bits per heavy atom. The average Bonchev–Trinajstić information content (AvgIpc) is 2.39. The molecule has 17 heavy (non-hydrogen) atoms. The number of hydrogen-bond acceptors (Lipinski definition) is 2. The van der Waals surface area contributed by atoms with Gasteiger partial charge in [-0.1, -0.05) is 36.4 Å². The summed E-state index contributed by atoms with van der Waals surface area (Å²) in [5.74, 6) is 0.0973. The van der Waals surface area contributed by atoms with Crippen LogP contribution in [0.2, 0.25) is 0 Å². The fourth-order valence-electron chi connectivity index (χ4n) is 1.51. The van der Waals surface area contributed by atoms with E-state index in [0.717, 1.165) is 11.1 Å². The Balaban J connectivity index is 1.96. The van der Waals surface area contributed by atoms with E-state index in [-0.39, 0.29) is 5.78 Å². The first kappa shape index (κ1) is 11.3. The number of aromatic nitrogens is 1. The topological polar surface area (TPSA) is 30.0 Å². The second-order valence-corrected chi connectivity index (χ2v) is 3.74. The molecule has 2 rings (SSSR count). The van der Waals surface area contributed by atoms with Gasteiger partial charge in [0.15, 0.2) is 5.78 Å². The van der Waals surface area contributed by atoms with Crippen molar-refractivity contribution < 1.29 is 4.79 Å². The number of nitrogens with zero attached hydrogens (tertiary/aromatic N) is 1. The molecule has 0 amide bonds. The summed E-state index contributed by atoms with van der Waals surface area (Å²) in [6.07, 6.45) is 7.28. The monoisotopic (exact) mass is 223 g/mol. The smallest absolute Gasteiger partial charge is 0.160 e. The maximum absolute atomic E-state index is 11.7. The molecule has 0 radical (unpaired) electrons. The lowest BCUT2D eigenvalue weighted by Crippen LogP contribution is -1.98. The van der Waals surface area contributed by atoms with Gasteiger partial charge in [-0.05, 0) is 29.3 Å². The molecule has 1 aromatic carbocycles. The van der Waals surface area contributed by atoms with Gasteiger partial charge in [-0.3, -0.25) is 9.78 Å². The van der Waals surface area contributed by atoms with Crippen molar-refractivity contribution >= 4 is 11.9 Å². The van der Waals surface area contributed by atoms with E-state index in [1.54, 1.807) is 18.5 Å². The number of rotatable bonds is 4. The lowest BCUT2D eigenvalue weighted by molar-refractivity contribution is -0.113. The summed E-state index contributed by atoms with van der Waals surface area (Å²) >= 11 is 0. The molecular weight excluding hydrogens is 210 g/mol. The Hall–Kier alpha value is -2.22. The number of ketones is 1. The van der Waals surface area contributed by atoms with Gasteiger partial charge in [0.1, 0.15) is 0 Å². The van der Waals surface area contributed by atoms with E-state index in [2.05, 4.69) is 4.98 Å². The van der Waals surface area contributed by atoms with E-state index >= 15 is 0 Å². The minimum absolute atomic E-state index is 0.0973. The van der Waals surface area contributed by atoms with Crippen molar-refractivity contribution in [1.82, 2.24) is 4.98 Å². The van der Waals surface area contributed by atoms with Crippen LogP contribution in [-0.4, -0.2) is 10.8 Å². The molecule has 2 nitrogen and oxygen atoms in total. The quantitative estimate of drug-likeness (QED) is 0.746. The van der Waals surface area contributed by atoms with Crippen molar-refractivity contribution in [3.8, 4) is 0 Å². The highest BCUT2D eigenvalue weighted by atomic mass is 16.1. The normalized spacial score (nSPS) is 10.6. The average molecular weight is 223 g/mol. The third-order valence-electron chi connectivity index (χ3n) is 2.39. The van der Waals surface area contributed by atoms with Crippen LogP contribution in [0, 0.1) is 0 Å². The predicted octanol–water partition coefficient (Wildman–Crippen LogP) is 2.91. The number of pyridine rings is 1. The van der Waals surface area contributed by atoms with Gasteiger partial charge in [-0.15, -0.1) is 0 Å².